The van der Waals surface area contributed by atoms with Crippen LogP contribution in [0.3, 0.4) is 0 Å². The van der Waals surface area contributed by atoms with Crippen LogP contribution >= 0.6 is 11.8 Å². The maximum Gasteiger partial charge on any atom is 0.0571 e. The molecule has 1 aliphatic carbocycles. The first-order valence-electron chi connectivity index (χ1n) is 6.09. The first kappa shape index (κ1) is 11.9. The molecule has 1 aliphatic rings. The fourth-order valence-electron chi connectivity index (χ4n) is 2.06. The Hall–Kier alpha value is -0.540. The van der Waals surface area contributed by atoms with E-state index in [4.69, 9.17) is 0 Å². The second kappa shape index (κ2) is 5.69. The van der Waals surface area contributed by atoms with Gasteiger partial charge in [-0.3, -0.25) is 4.98 Å². The molecule has 3 heteroatoms. The lowest BCUT2D eigenvalue weighted by molar-refractivity contribution is 0.631. The van der Waals surface area contributed by atoms with Gasteiger partial charge >= 0.3 is 0 Å². The zero-order chi connectivity index (χ0) is 11.4. The molecule has 1 aromatic heterocycles. The molecule has 2 nitrogen and oxygen atoms in total. The molecule has 0 aliphatic heterocycles. The largest absolute Gasteiger partial charge is 0.312 e. The molecule has 0 saturated heterocycles. The highest BCUT2D eigenvalue weighted by Crippen LogP contribution is 2.34. The van der Waals surface area contributed by atoms with Crippen molar-refractivity contribution in [3.05, 3.63) is 24.0 Å². The Kier molecular flexibility index (Phi) is 4.24. The summed E-state index contributed by atoms with van der Waals surface area (Å²) in [5.74, 6) is 0. The predicted octanol–water partition coefficient (Wildman–Crippen LogP) is 3.40. The summed E-state index contributed by atoms with van der Waals surface area (Å²) in [5.41, 5.74) is 1.12. The Balaban J connectivity index is 1.96. The summed E-state index contributed by atoms with van der Waals surface area (Å²) < 4.78 is 0. The van der Waals surface area contributed by atoms with Crippen molar-refractivity contribution < 1.29 is 0 Å². The zero-order valence-corrected chi connectivity index (χ0v) is 10.9. The molecule has 1 N–H and O–H groups in total. The first-order chi connectivity index (χ1) is 7.79. The molecule has 1 atom stereocenters. The summed E-state index contributed by atoms with van der Waals surface area (Å²) in [6, 6.07) is 4.68. The first-order valence-corrected chi connectivity index (χ1v) is 6.97. The van der Waals surface area contributed by atoms with Crippen molar-refractivity contribution in [2.24, 2.45) is 0 Å². The van der Waals surface area contributed by atoms with Crippen LogP contribution < -0.4 is 5.32 Å². The Bertz CT molecular complexity index is 317. The number of nitrogens with zero attached hydrogens (tertiary/aromatic N) is 1. The van der Waals surface area contributed by atoms with E-state index in [1.165, 1.54) is 30.6 Å². The van der Waals surface area contributed by atoms with Gasteiger partial charge in [0, 0.05) is 22.4 Å². The fourth-order valence-corrected chi connectivity index (χ4v) is 3.28. The van der Waals surface area contributed by atoms with Crippen molar-refractivity contribution >= 4 is 11.8 Å². The maximum absolute atomic E-state index is 4.51. The standard InChI is InChI=1S/C13H20N2S/c1-10(14-2)13-8-7-12(9-15-13)16-11-5-3-4-6-11/h7-11,14H,3-6H2,1-2H3. The number of thioether (sulfide) groups is 1. The Labute approximate surface area is 102 Å². The molecule has 16 heavy (non-hydrogen) atoms. The number of pyridine rings is 1. The molecule has 0 aromatic carbocycles. The van der Waals surface area contributed by atoms with Crippen molar-refractivity contribution in [1.82, 2.24) is 10.3 Å². The van der Waals surface area contributed by atoms with E-state index < -0.39 is 0 Å². The lowest BCUT2D eigenvalue weighted by Gasteiger charge is -2.11. The summed E-state index contributed by atoms with van der Waals surface area (Å²) in [6.07, 6.45) is 7.57. The van der Waals surface area contributed by atoms with E-state index in [1.807, 2.05) is 25.0 Å². The summed E-state index contributed by atoms with van der Waals surface area (Å²) >= 11 is 2.00. The number of hydrogen-bond acceptors (Lipinski definition) is 3. The van der Waals surface area contributed by atoms with E-state index in [2.05, 4.69) is 29.4 Å². The second-order valence-corrected chi connectivity index (χ2v) is 5.83. The van der Waals surface area contributed by atoms with Crippen LogP contribution in [0.25, 0.3) is 0 Å². The summed E-state index contributed by atoms with van der Waals surface area (Å²) in [7, 11) is 1.97. The molecule has 1 aromatic rings. The molecule has 0 spiro atoms. The van der Waals surface area contributed by atoms with Crippen molar-refractivity contribution in [1.29, 1.82) is 0 Å². The smallest absolute Gasteiger partial charge is 0.0571 e. The van der Waals surface area contributed by atoms with Gasteiger partial charge in [0.15, 0.2) is 0 Å². The lowest BCUT2D eigenvalue weighted by atomic mass is 10.2. The minimum absolute atomic E-state index is 0.338. The average molecular weight is 236 g/mol. The van der Waals surface area contributed by atoms with Gasteiger partial charge in [-0.2, -0.15) is 0 Å². The van der Waals surface area contributed by atoms with Crippen LogP contribution in [0.2, 0.25) is 0 Å². The van der Waals surface area contributed by atoms with Crippen molar-refractivity contribution in [2.75, 3.05) is 7.05 Å². The van der Waals surface area contributed by atoms with Gasteiger partial charge in [-0.25, -0.2) is 0 Å². The number of aromatic nitrogens is 1. The van der Waals surface area contributed by atoms with E-state index in [0.29, 0.717) is 6.04 Å². The van der Waals surface area contributed by atoms with Gasteiger partial charge in [0.25, 0.3) is 0 Å². The Morgan fingerprint density at radius 2 is 2.12 bits per heavy atom. The monoisotopic (exact) mass is 236 g/mol. The molecule has 2 rings (SSSR count). The van der Waals surface area contributed by atoms with Crippen LogP contribution in [0.5, 0.6) is 0 Å². The molecule has 1 saturated carbocycles. The predicted molar refractivity (Wildman–Crippen MR) is 69.8 cm³/mol. The molecule has 1 heterocycles. The van der Waals surface area contributed by atoms with Crippen LogP contribution in [0.4, 0.5) is 0 Å². The van der Waals surface area contributed by atoms with Crippen LogP contribution in [-0.4, -0.2) is 17.3 Å². The van der Waals surface area contributed by atoms with Gasteiger partial charge in [-0.1, -0.05) is 12.8 Å². The average Bonchev–Trinajstić information content (AvgIpc) is 2.82. The summed E-state index contributed by atoms with van der Waals surface area (Å²) in [4.78, 5) is 5.83. The molecule has 1 unspecified atom stereocenters. The van der Waals surface area contributed by atoms with Gasteiger partial charge < -0.3 is 5.32 Å². The van der Waals surface area contributed by atoms with E-state index in [0.717, 1.165) is 10.9 Å². The molecule has 1 fully saturated rings. The summed E-state index contributed by atoms with van der Waals surface area (Å²) in [5, 5.41) is 4.03. The minimum atomic E-state index is 0.338. The quantitative estimate of drug-likeness (QED) is 0.867. The van der Waals surface area contributed by atoms with Crippen LogP contribution in [0.15, 0.2) is 23.2 Å². The number of nitrogens with one attached hydrogen (secondary N) is 1. The molecule has 0 radical (unpaired) electrons. The van der Waals surface area contributed by atoms with Crippen LogP contribution in [0.1, 0.15) is 44.3 Å². The minimum Gasteiger partial charge on any atom is -0.312 e. The summed E-state index contributed by atoms with van der Waals surface area (Å²) in [6.45, 7) is 2.13. The van der Waals surface area contributed by atoms with Gasteiger partial charge in [-0.05, 0) is 38.9 Å². The van der Waals surface area contributed by atoms with E-state index in [9.17, 15) is 0 Å². The normalized spacial score (nSPS) is 18.9. The van der Waals surface area contributed by atoms with E-state index >= 15 is 0 Å². The molecular formula is C13H20N2S. The number of rotatable bonds is 4. The molecule has 0 bridgehead atoms. The zero-order valence-electron chi connectivity index (χ0n) is 10.1. The topological polar surface area (TPSA) is 24.9 Å². The maximum atomic E-state index is 4.51. The fraction of sp³-hybridized carbons (Fsp3) is 0.615. The van der Waals surface area contributed by atoms with Gasteiger partial charge in [0.1, 0.15) is 0 Å². The van der Waals surface area contributed by atoms with E-state index in [-0.39, 0.29) is 0 Å². The van der Waals surface area contributed by atoms with Gasteiger partial charge in [0.2, 0.25) is 0 Å². The highest BCUT2D eigenvalue weighted by molar-refractivity contribution is 8.00. The highest BCUT2D eigenvalue weighted by atomic mass is 32.2. The molecule has 0 amide bonds. The van der Waals surface area contributed by atoms with Gasteiger partial charge in [0.05, 0.1) is 5.69 Å². The Morgan fingerprint density at radius 3 is 2.69 bits per heavy atom. The Morgan fingerprint density at radius 1 is 1.38 bits per heavy atom. The third-order valence-electron chi connectivity index (χ3n) is 3.24. The third-order valence-corrected chi connectivity index (χ3v) is 4.56. The van der Waals surface area contributed by atoms with Crippen LogP contribution in [0, 0.1) is 0 Å². The van der Waals surface area contributed by atoms with Crippen LogP contribution in [-0.2, 0) is 0 Å². The number of hydrogen-bond donors (Lipinski definition) is 1. The highest BCUT2D eigenvalue weighted by Gasteiger charge is 2.16. The second-order valence-electron chi connectivity index (χ2n) is 4.45. The third kappa shape index (κ3) is 2.98. The van der Waals surface area contributed by atoms with Crippen molar-refractivity contribution in [2.45, 2.75) is 48.8 Å². The SMILES string of the molecule is CNC(C)c1ccc(SC2CCCC2)cn1. The van der Waals surface area contributed by atoms with Crippen molar-refractivity contribution in [3.8, 4) is 0 Å². The lowest BCUT2D eigenvalue weighted by Crippen LogP contribution is -2.13. The van der Waals surface area contributed by atoms with Gasteiger partial charge in [-0.15, -0.1) is 11.8 Å². The molecular weight excluding hydrogens is 216 g/mol. The molecule has 88 valence electrons. The van der Waals surface area contributed by atoms with E-state index in [1.54, 1.807) is 0 Å². The van der Waals surface area contributed by atoms with Crippen molar-refractivity contribution in [3.63, 3.8) is 0 Å².